The minimum Gasteiger partial charge on any atom is -0.386 e. The van der Waals surface area contributed by atoms with Gasteiger partial charge in [-0.1, -0.05) is 35.3 Å². The number of carbonyl (C=O) groups excluding carboxylic acids is 1. The molecule has 0 aromatic heterocycles. The van der Waals surface area contributed by atoms with E-state index in [1.807, 2.05) is 0 Å². The van der Waals surface area contributed by atoms with Gasteiger partial charge in [0, 0.05) is 6.26 Å². The van der Waals surface area contributed by atoms with Gasteiger partial charge in [-0.05, 0) is 24.6 Å². The summed E-state index contributed by atoms with van der Waals surface area (Å²) in [7, 11) is -3.28. The van der Waals surface area contributed by atoms with Crippen molar-refractivity contribution in [3.8, 4) is 0 Å². The zero-order valence-corrected chi connectivity index (χ0v) is 13.2. The first-order chi connectivity index (χ1) is 9.12. The third-order valence-electron chi connectivity index (χ3n) is 2.69. The molecule has 0 bridgehead atoms. The van der Waals surface area contributed by atoms with Crippen molar-refractivity contribution in [3.63, 3.8) is 0 Å². The van der Waals surface area contributed by atoms with Crippen molar-refractivity contribution in [1.29, 1.82) is 0 Å². The Hall–Kier alpha value is -0.820. The average molecular weight is 340 g/mol. The largest absolute Gasteiger partial charge is 0.386 e. The van der Waals surface area contributed by atoms with Crippen molar-refractivity contribution in [2.45, 2.75) is 28.8 Å². The zero-order valence-electron chi connectivity index (χ0n) is 10.9. The predicted octanol–water partition coefficient (Wildman–Crippen LogP) is 1.43. The van der Waals surface area contributed by atoms with Gasteiger partial charge in [0.15, 0.2) is 14.7 Å². The molecule has 1 aromatic rings. The Morgan fingerprint density at radius 1 is 1.25 bits per heavy atom. The highest BCUT2D eigenvalue weighted by molar-refractivity contribution is 7.90. The number of rotatable bonds is 5. The summed E-state index contributed by atoms with van der Waals surface area (Å²) >= 11 is 10.8. The lowest BCUT2D eigenvalue weighted by Gasteiger charge is -2.21. The van der Waals surface area contributed by atoms with Crippen LogP contribution in [0.1, 0.15) is 18.6 Å². The van der Waals surface area contributed by atoms with Gasteiger partial charge in [-0.3, -0.25) is 4.79 Å². The second-order valence-electron chi connectivity index (χ2n) is 4.38. The number of aliphatic hydroxyl groups excluding tert-OH is 1. The predicted molar refractivity (Wildman–Crippen MR) is 77.6 cm³/mol. The number of sulfone groups is 1. The molecule has 0 aliphatic carbocycles. The van der Waals surface area contributed by atoms with Gasteiger partial charge in [0.2, 0.25) is 0 Å². The van der Waals surface area contributed by atoms with E-state index in [2.05, 4.69) is 5.32 Å². The molecule has 8 heteroatoms. The maximum atomic E-state index is 11.3. The number of aliphatic hydroxyl groups is 1. The molecule has 1 unspecified atom stereocenters. The van der Waals surface area contributed by atoms with E-state index < -0.39 is 32.7 Å². The number of carbonyl (C=O) groups is 1. The van der Waals surface area contributed by atoms with E-state index in [0.29, 0.717) is 5.56 Å². The van der Waals surface area contributed by atoms with Crippen LogP contribution in [0, 0.1) is 0 Å². The molecule has 0 heterocycles. The average Bonchev–Trinajstić information content (AvgIpc) is 2.36. The van der Waals surface area contributed by atoms with Crippen molar-refractivity contribution >= 4 is 38.9 Å². The van der Waals surface area contributed by atoms with Crippen LogP contribution in [0.5, 0.6) is 0 Å². The quantitative estimate of drug-likeness (QED) is 0.795. The van der Waals surface area contributed by atoms with Gasteiger partial charge >= 0.3 is 0 Å². The number of halogens is 2. The normalized spacial score (nSPS) is 14.9. The van der Waals surface area contributed by atoms with Gasteiger partial charge in [0.25, 0.3) is 5.91 Å². The molecule has 0 spiro atoms. The van der Waals surface area contributed by atoms with E-state index >= 15 is 0 Å². The first-order valence-corrected chi connectivity index (χ1v) is 8.46. The van der Waals surface area contributed by atoms with Crippen LogP contribution in [-0.2, 0) is 14.6 Å². The second-order valence-corrected chi connectivity index (χ2v) is 7.50. The summed E-state index contributed by atoms with van der Waals surface area (Å²) in [5.74, 6) is -0.604. The van der Waals surface area contributed by atoms with Crippen LogP contribution in [0.25, 0.3) is 0 Å². The first kappa shape index (κ1) is 17.2. The van der Waals surface area contributed by atoms with E-state index in [0.717, 1.165) is 6.26 Å². The Morgan fingerprint density at radius 3 is 2.15 bits per heavy atom. The monoisotopic (exact) mass is 339 g/mol. The van der Waals surface area contributed by atoms with Gasteiger partial charge < -0.3 is 10.4 Å². The molecular weight excluding hydrogens is 325 g/mol. The van der Waals surface area contributed by atoms with Gasteiger partial charge in [-0.2, -0.15) is 0 Å². The summed E-state index contributed by atoms with van der Waals surface area (Å²) in [6, 6.07) is 5.15. The fourth-order valence-electron chi connectivity index (χ4n) is 1.57. The number of benzene rings is 1. The number of nitrogens with one attached hydrogen (secondary N) is 1. The molecule has 20 heavy (non-hydrogen) atoms. The SMILES string of the molecule is C[C@@H](NC(=O)C(Cl)Cl)C(O)c1ccc(S(C)(=O)=O)cc1. The van der Waals surface area contributed by atoms with Crippen LogP contribution in [0.15, 0.2) is 29.2 Å². The molecule has 0 radical (unpaired) electrons. The van der Waals surface area contributed by atoms with Crippen molar-refractivity contribution in [2.75, 3.05) is 6.26 Å². The minimum atomic E-state index is -3.28. The van der Waals surface area contributed by atoms with E-state index in [-0.39, 0.29) is 4.90 Å². The summed E-state index contributed by atoms with van der Waals surface area (Å²) in [6.07, 6.45) is 0.0992. The Balaban J connectivity index is 2.82. The van der Waals surface area contributed by atoms with Crippen molar-refractivity contribution in [1.82, 2.24) is 5.32 Å². The maximum Gasteiger partial charge on any atom is 0.253 e. The summed E-state index contributed by atoms with van der Waals surface area (Å²) in [5, 5.41) is 12.5. The fraction of sp³-hybridized carbons (Fsp3) is 0.417. The standard InChI is InChI=1S/C12H15Cl2NO4S/c1-7(15-12(17)11(13)14)10(16)8-3-5-9(6-4-8)20(2,18)19/h3-7,10-11,16H,1-2H3,(H,15,17)/t7-,10?/m1/s1. The Morgan fingerprint density at radius 2 is 1.75 bits per heavy atom. The highest BCUT2D eigenvalue weighted by Crippen LogP contribution is 2.19. The minimum absolute atomic E-state index is 0.159. The molecule has 0 saturated carbocycles. The Kier molecular flexibility index (Phi) is 5.82. The molecule has 0 aliphatic rings. The molecule has 1 rings (SSSR count). The summed E-state index contributed by atoms with van der Waals surface area (Å²) in [5.41, 5.74) is 0.478. The third kappa shape index (κ3) is 4.63. The smallest absolute Gasteiger partial charge is 0.253 e. The van der Waals surface area contributed by atoms with Crippen LogP contribution in [0.2, 0.25) is 0 Å². The molecule has 2 N–H and O–H groups in total. The topological polar surface area (TPSA) is 83.5 Å². The third-order valence-corrected chi connectivity index (χ3v) is 4.22. The van der Waals surface area contributed by atoms with Gasteiger partial charge in [-0.15, -0.1) is 0 Å². The van der Waals surface area contributed by atoms with Crippen LogP contribution in [-0.4, -0.2) is 36.6 Å². The lowest BCUT2D eigenvalue weighted by molar-refractivity contribution is -0.120. The number of hydrogen-bond donors (Lipinski definition) is 2. The van der Waals surface area contributed by atoms with Gasteiger partial charge in [0.05, 0.1) is 17.0 Å². The second kappa shape index (κ2) is 6.76. The molecule has 5 nitrogen and oxygen atoms in total. The maximum absolute atomic E-state index is 11.3. The molecular formula is C12H15Cl2NO4S. The van der Waals surface area contributed by atoms with E-state index in [9.17, 15) is 18.3 Å². The summed E-state index contributed by atoms with van der Waals surface area (Å²) in [6.45, 7) is 1.59. The number of alkyl halides is 2. The first-order valence-electron chi connectivity index (χ1n) is 5.69. The highest BCUT2D eigenvalue weighted by Gasteiger charge is 2.21. The fourth-order valence-corrected chi connectivity index (χ4v) is 2.32. The van der Waals surface area contributed by atoms with Crippen molar-refractivity contribution in [3.05, 3.63) is 29.8 Å². The van der Waals surface area contributed by atoms with Crippen LogP contribution in [0.4, 0.5) is 0 Å². The van der Waals surface area contributed by atoms with Gasteiger partial charge in [0.1, 0.15) is 0 Å². The molecule has 2 atom stereocenters. The Bertz CT molecular complexity index is 572. The molecule has 1 amide bonds. The van der Waals surface area contributed by atoms with E-state index in [1.165, 1.54) is 24.3 Å². The van der Waals surface area contributed by atoms with Crippen molar-refractivity contribution in [2.24, 2.45) is 0 Å². The zero-order chi connectivity index (χ0) is 15.5. The van der Waals surface area contributed by atoms with E-state index in [4.69, 9.17) is 23.2 Å². The van der Waals surface area contributed by atoms with Gasteiger partial charge in [-0.25, -0.2) is 8.42 Å². The van der Waals surface area contributed by atoms with Crippen LogP contribution in [0.3, 0.4) is 0 Å². The molecule has 0 fully saturated rings. The Labute approximate surface area is 127 Å². The molecule has 0 aliphatic heterocycles. The van der Waals surface area contributed by atoms with Crippen LogP contribution < -0.4 is 5.32 Å². The number of amides is 1. The van der Waals surface area contributed by atoms with E-state index in [1.54, 1.807) is 6.92 Å². The summed E-state index contributed by atoms with van der Waals surface area (Å²) in [4.78, 5) is 10.3. The van der Waals surface area contributed by atoms with Crippen LogP contribution >= 0.6 is 23.2 Å². The summed E-state index contributed by atoms with van der Waals surface area (Å²) < 4.78 is 22.6. The lowest BCUT2D eigenvalue weighted by Crippen LogP contribution is -2.39. The van der Waals surface area contributed by atoms with Crippen molar-refractivity contribution < 1.29 is 18.3 Å². The number of hydrogen-bond acceptors (Lipinski definition) is 4. The molecule has 0 saturated heterocycles. The molecule has 1 aromatic carbocycles. The lowest BCUT2D eigenvalue weighted by atomic mass is 10.0. The molecule has 112 valence electrons. The highest BCUT2D eigenvalue weighted by atomic mass is 35.5.